The van der Waals surface area contributed by atoms with Gasteiger partial charge in [-0.1, -0.05) is 0 Å². The summed E-state index contributed by atoms with van der Waals surface area (Å²) >= 11 is 0. The van der Waals surface area contributed by atoms with Crippen LogP contribution in [0.25, 0.3) is 0 Å². The van der Waals surface area contributed by atoms with Gasteiger partial charge in [-0.05, 0) is 0 Å². The molecule has 1 aliphatic rings. The molecule has 4 heteroatoms. The van der Waals surface area contributed by atoms with Crippen molar-refractivity contribution in [3.05, 3.63) is 0 Å². The number of hydrogen-bond donors (Lipinski definition) is 1. The van der Waals surface area contributed by atoms with Crippen LogP contribution in [0.15, 0.2) is 0 Å². The van der Waals surface area contributed by atoms with Crippen LogP contribution in [0.3, 0.4) is 0 Å². The zero-order valence-corrected chi connectivity index (χ0v) is 4.91. The van der Waals surface area contributed by atoms with Gasteiger partial charge in [0, 0.05) is 6.54 Å². The minimum absolute atomic E-state index is 0.301. The van der Waals surface area contributed by atoms with Gasteiger partial charge in [-0.25, -0.2) is 10.1 Å². The van der Waals surface area contributed by atoms with Gasteiger partial charge in [0.05, 0.1) is 13.2 Å². The first kappa shape index (κ1) is 6.51. The Morgan fingerprint density at radius 2 is 2.56 bits per heavy atom. The summed E-state index contributed by atoms with van der Waals surface area (Å²) in [6.45, 7) is 1.37. The standard InChI is InChI=1S/C5H8NO3/c7-5(8)4-3-6-1-2-9-4/h4H,1-3H2,(H,7,8). The maximum absolute atomic E-state index is 10.2. The summed E-state index contributed by atoms with van der Waals surface area (Å²) in [5, 5.41) is 12.2. The first-order chi connectivity index (χ1) is 4.30. The van der Waals surface area contributed by atoms with Gasteiger partial charge in [0.25, 0.3) is 0 Å². The monoisotopic (exact) mass is 130 g/mol. The van der Waals surface area contributed by atoms with Crippen molar-refractivity contribution in [3.63, 3.8) is 0 Å². The molecule has 1 saturated heterocycles. The third-order valence-electron chi connectivity index (χ3n) is 1.14. The van der Waals surface area contributed by atoms with Crippen LogP contribution < -0.4 is 5.32 Å². The fourth-order valence-corrected chi connectivity index (χ4v) is 0.670. The Bertz CT molecular complexity index is 109. The van der Waals surface area contributed by atoms with Crippen LogP contribution in [0, 0.1) is 0 Å². The molecule has 0 amide bonds. The third kappa shape index (κ3) is 1.65. The predicted octanol–water partition coefficient (Wildman–Crippen LogP) is -0.926. The summed E-state index contributed by atoms with van der Waals surface area (Å²) in [7, 11) is 0. The SMILES string of the molecule is O=C(O)C1C[N]CCO1. The Morgan fingerprint density at radius 1 is 1.78 bits per heavy atom. The van der Waals surface area contributed by atoms with E-state index in [2.05, 4.69) is 5.32 Å². The van der Waals surface area contributed by atoms with Gasteiger partial charge in [0.1, 0.15) is 0 Å². The number of hydrogen-bond acceptors (Lipinski definition) is 2. The maximum Gasteiger partial charge on any atom is 0.334 e. The van der Waals surface area contributed by atoms with E-state index >= 15 is 0 Å². The Hall–Kier alpha value is -0.610. The number of morpholine rings is 1. The second kappa shape index (κ2) is 2.80. The van der Waals surface area contributed by atoms with Gasteiger partial charge in [-0.3, -0.25) is 0 Å². The molecule has 1 fully saturated rings. The Labute approximate surface area is 52.8 Å². The highest BCUT2D eigenvalue weighted by molar-refractivity contribution is 5.72. The molecule has 1 atom stereocenters. The molecule has 0 spiro atoms. The van der Waals surface area contributed by atoms with Crippen LogP contribution in [-0.4, -0.2) is 36.9 Å². The number of rotatable bonds is 1. The smallest absolute Gasteiger partial charge is 0.334 e. The first-order valence-electron chi connectivity index (χ1n) is 2.78. The molecule has 1 radical (unpaired) electrons. The number of carboxylic acids is 1. The summed E-state index contributed by atoms with van der Waals surface area (Å²) in [4.78, 5) is 10.2. The Kier molecular flexibility index (Phi) is 2.02. The molecule has 1 N–H and O–H groups in total. The van der Waals surface area contributed by atoms with Crippen molar-refractivity contribution in [2.24, 2.45) is 0 Å². The third-order valence-corrected chi connectivity index (χ3v) is 1.14. The van der Waals surface area contributed by atoms with Crippen molar-refractivity contribution in [1.29, 1.82) is 0 Å². The van der Waals surface area contributed by atoms with Crippen LogP contribution in [0.2, 0.25) is 0 Å². The molecule has 0 saturated carbocycles. The molecule has 1 rings (SSSR count). The average Bonchev–Trinajstić information content (AvgIpc) is 1.90. The average molecular weight is 130 g/mol. The van der Waals surface area contributed by atoms with Crippen molar-refractivity contribution in [2.75, 3.05) is 19.7 Å². The van der Waals surface area contributed by atoms with Crippen molar-refractivity contribution < 1.29 is 14.6 Å². The molecular weight excluding hydrogens is 122 g/mol. The Morgan fingerprint density at radius 3 is 2.89 bits per heavy atom. The quantitative estimate of drug-likeness (QED) is 0.499. The van der Waals surface area contributed by atoms with Gasteiger partial charge in [-0.2, -0.15) is 0 Å². The summed E-state index contributed by atoms with van der Waals surface area (Å²) < 4.78 is 4.85. The van der Waals surface area contributed by atoms with Gasteiger partial charge >= 0.3 is 5.97 Å². The highest BCUT2D eigenvalue weighted by Gasteiger charge is 2.20. The van der Waals surface area contributed by atoms with Gasteiger partial charge in [-0.15, -0.1) is 0 Å². The van der Waals surface area contributed by atoms with E-state index in [0.29, 0.717) is 19.7 Å². The molecule has 51 valence electrons. The Balaban J connectivity index is 2.31. The van der Waals surface area contributed by atoms with Crippen molar-refractivity contribution in [3.8, 4) is 0 Å². The summed E-state index contributed by atoms with van der Waals surface area (Å²) in [5.74, 6) is -0.918. The van der Waals surface area contributed by atoms with Crippen molar-refractivity contribution in [1.82, 2.24) is 5.32 Å². The highest BCUT2D eigenvalue weighted by atomic mass is 16.5. The lowest BCUT2D eigenvalue weighted by Crippen LogP contribution is -2.39. The highest BCUT2D eigenvalue weighted by Crippen LogP contribution is 1.95. The van der Waals surface area contributed by atoms with Gasteiger partial charge < -0.3 is 9.84 Å². The minimum atomic E-state index is -0.918. The first-order valence-corrected chi connectivity index (χ1v) is 2.78. The molecular formula is C5H8NO3. The zero-order valence-electron chi connectivity index (χ0n) is 4.91. The lowest BCUT2D eigenvalue weighted by Gasteiger charge is -2.17. The van der Waals surface area contributed by atoms with Crippen LogP contribution in [0.1, 0.15) is 0 Å². The van der Waals surface area contributed by atoms with E-state index in [0.717, 1.165) is 0 Å². The molecule has 0 bridgehead atoms. The normalized spacial score (nSPS) is 27.8. The molecule has 1 aliphatic heterocycles. The lowest BCUT2D eigenvalue weighted by molar-refractivity contribution is -0.151. The van der Waals surface area contributed by atoms with Crippen molar-refractivity contribution >= 4 is 5.97 Å². The van der Waals surface area contributed by atoms with Gasteiger partial charge in [0.15, 0.2) is 6.10 Å². The molecule has 1 unspecified atom stereocenters. The molecule has 0 aromatic rings. The van der Waals surface area contributed by atoms with Crippen LogP contribution in [0.5, 0.6) is 0 Å². The van der Waals surface area contributed by atoms with Crippen LogP contribution in [-0.2, 0) is 9.53 Å². The van der Waals surface area contributed by atoms with E-state index in [1.807, 2.05) is 0 Å². The maximum atomic E-state index is 10.2. The fraction of sp³-hybridized carbons (Fsp3) is 0.800. The predicted molar refractivity (Wildman–Crippen MR) is 29.2 cm³/mol. The number of nitrogens with zero attached hydrogens (tertiary/aromatic N) is 1. The summed E-state index contributed by atoms with van der Waals surface area (Å²) in [5.41, 5.74) is 0. The lowest BCUT2D eigenvalue weighted by atomic mass is 10.3. The van der Waals surface area contributed by atoms with E-state index < -0.39 is 12.1 Å². The van der Waals surface area contributed by atoms with Crippen LogP contribution >= 0.6 is 0 Å². The van der Waals surface area contributed by atoms with Gasteiger partial charge in [0.2, 0.25) is 0 Å². The van der Waals surface area contributed by atoms with Crippen molar-refractivity contribution in [2.45, 2.75) is 6.10 Å². The van der Waals surface area contributed by atoms with E-state index in [1.54, 1.807) is 0 Å². The molecule has 0 aromatic heterocycles. The minimum Gasteiger partial charge on any atom is -0.479 e. The molecule has 0 aromatic carbocycles. The second-order valence-electron chi connectivity index (χ2n) is 1.83. The number of aliphatic carboxylic acids is 1. The molecule has 9 heavy (non-hydrogen) atoms. The van der Waals surface area contributed by atoms with E-state index in [-0.39, 0.29) is 0 Å². The second-order valence-corrected chi connectivity index (χ2v) is 1.83. The van der Waals surface area contributed by atoms with Crippen LogP contribution in [0.4, 0.5) is 0 Å². The van der Waals surface area contributed by atoms with E-state index in [4.69, 9.17) is 9.84 Å². The van der Waals surface area contributed by atoms with E-state index in [1.165, 1.54) is 0 Å². The fourth-order valence-electron chi connectivity index (χ4n) is 0.670. The molecule has 0 aliphatic carbocycles. The number of carboxylic acid groups (broad SMARTS) is 1. The number of ether oxygens (including phenoxy) is 1. The molecule has 1 heterocycles. The zero-order chi connectivity index (χ0) is 6.69. The summed E-state index contributed by atoms with van der Waals surface area (Å²) in [6, 6.07) is 0. The molecule has 4 nitrogen and oxygen atoms in total. The number of carbonyl (C=O) groups is 1. The summed E-state index contributed by atoms with van der Waals surface area (Å²) in [6.07, 6.45) is -0.696. The largest absolute Gasteiger partial charge is 0.479 e. The topological polar surface area (TPSA) is 60.6 Å². The van der Waals surface area contributed by atoms with E-state index in [9.17, 15) is 4.79 Å².